The van der Waals surface area contributed by atoms with Gasteiger partial charge in [0.2, 0.25) is 5.91 Å². The third-order valence-corrected chi connectivity index (χ3v) is 6.46. The lowest BCUT2D eigenvalue weighted by Crippen LogP contribution is -2.34. The van der Waals surface area contributed by atoms with E-state index in [2.05, 4.69) is 10.1 Å². The number of likely N-dealkylation sites (tertiary alicyclic amines) is 1. The minimum atomic E-state index is -0.838. The average molecular weight is 482 g/mol. The second kappa shape index (κ2) is 11.1. The zero-order valence-corrected chi connectivity index (χ0v) is 20.0. The molecule has 9 nitrogen and oxygen atoms in total. The van der Waals surface area contributed by atoms with Gasteiger partial charge in [0.15, 0.2) is 11.5 Å². The molecule has 2 aliphatic rings. The Morgan fingerprint density at radius 2 is 1.77 bits per heavy atom. The van der Waals surface area contributed by atoms with Crippen LogP contribution in [0.15, 0.2) is 42.5 Å². The first-order valence-corrected chi connectivity index (χ1v) is 11.8. The molecule has 1 heterocycles. The van der Waals surface area contributed by atoms with Crippen molar-refractivity contribution in [2.45, 2.75) is 50.7 Å². The number of nitrogens with one attached hydrogen (secondary N) is 2. The Morgan fingerprint density at radius 3 is 2.46 bits per heavy atom. The highest BCUT2D eigenvalue weighted by Crippen LogP contribution is 2.37. The minimum Gasteiger partial charge on any atom is -0.493 e. The van der Waals surface area contributed by atoms with Crippen LogP contribution in [0.25, 0.3) is 0 Å². The summed E-state index contributed by atoms with van der Waals surface area (Å²) in [4.78, 5) is 37.4. The highest BCUT2D eigenvalue weighted by Gasteiger charge is 2.31. The fourth-order valence-electron chi connectivity index (χ4n) is 4.59. The number of nitrogens with zero attached hydrogens (tertiary/aromatic N) is 1. The van der Waals surface area contributed by atoms with Gasteiger partial charge in [-0.25, -0.2) is 14.9 Å². The third kappa shape index (κ3) is 6.23. The zero-order valence-electron chi connectivity index (χ0n) is 20.0. The molecule has 2 aromatic carbocycles. The van der Waals surface area contributed by atoms with Crippen LogP contribution in [-0.4, -0.2) is 49.8 Å². The summed E-state index contributed by atoms with van der Waals surface area (Å²) >= 11 is 0. The van der Waals surface area contributed by atoms with Crippen molar-refractivity contribution in [3.63, 3.8) is 0 Å². The predicted octanol–water partition coefficient (Wildman–Crippen LogP) is 4.42. The molecule has 0 bridgehead atoms. The van der Waals surface area contributed by atoms with Crippen molar-refractivity contribution in [3.05, 3.63) is 53.6 Å². The van der Waals surface area contributed by atoms with Gasteiger partial charge in [-0.15, -0.1) is 0 Å². The molecule has 4 amide bonds. The van der Waals surface area contributed by atoms with E-state index in [0.717, 1.165) is 35.5 Å². The Bertz CT molecular complexity index is 1070. The van der Waals surface area contributed by atoms with E-state index in [-0.39, 0.29) is 17.9 Å². The van der Waals surface area contributed by atoms with Crippen LogP contribution in [0.3, 0.4) is 0 Å². The number of methoxy groups -OCH3 is 2. The number of carbonyl (C=O) groups is 3. The SMILES string of the molecule is COC(=O)NC(=O)Nc1ccc(CN2CC(c3ccc(OC)c(OC4CCCC4)c3)CC2=O)cc1. The van der Waals surface area contributed by atoms with Crippen LogP contribution in [0.1, 0.15) is 49.1 Å². The van der Waals surface area contributed by atoms with Gasteiger partial charge in [0, 0.05) is 31.1 Å². The van der Waals surface area contributed by atoms with Gasteiger partial charge in [0.25, 0.3) is 0 Å². The third-order valence-electron chi connectivity index (χ3n) is 6.46. The molecule has 0 radical (unpaired) electrons. The summed E-state index contributed by atoms with van der Waals surface area (Å²) in [6.07, 6.45) is 4.34. The molecule has 1 aliphatic heterocycles. The molecule has 9 heteroatoms. The number of urea groups is 1. The molecular weight excluding hydrogens is 450 g/mol. The molecule has 2 N–H and O–H groups in total. The molecule has 4 rings (SSSR count). The molecule has 2 fully saturated rings. The Kier molecular flexibility index (Phi) is 7.74. The lowest BCUT2D eigenvalue weighted by atomic mass is 9.98. The van der Waals surface area contributed by atoms with Gasteiger partial charge >= 0.3 is 12.1 Å². The number of hydrogen-bond acceptors (Lipinski definition) is 6. The van der Waals surface area contributed by atoms with Crippen molar-refractivity contribution < 1.29 is 28.6 Å². The summed E-state index contributed by atoms with van der Waals surface area (Å²) in [6.45, 7) is 1.10. The largest absolute Gasteiger partial charge is 0.493 e. The average Bonchev–Trinajstić information content (AvgIpc) is 3.50. The van der Waals surface area contributed by atoms with Crippen molar-refractivity contribution in [2.24, 2.45) is 0 Å². The van der Waals surface area contributed by atoms with Gasteiger partial charge in [-0.2, -0.15) is 0 Å². The van der Waals surface area contributed by atoms with Crippen LogP contribution in [0, 0.1) is 0 Å². The van der Waals surface area contributed by atoms with Crippen molar-refractivity contribution >= 4 is 23.7 Å². The van der Waals surface area contributed by atoms with Gasteiger partial charge in [-0.05, 0) is 61.1 Å². The van der Waals surface area contributed by atoms with Crippen LogP contribution < -0.4 is 20.1 Å². The first kappa shape index (κ1) is 24.4. The molecule has 35 heavy (non-hydrogen) atoms. The topological polar surface area (TPSA) is 106 Å². The Balaban J connectivity index is 1.36. The van der Waals surface area contributed by atoms with Crippen LogP contribution in [0.4, 0.5) is 15.3 Å². The highest BCUT2D eigenvalue weighted by atomic mass is 16.5. The highest BCUT2D eigenvalue weighted by molar-refractivity contribution is 5.98. The number of hydrogen-bond donors (Lipinski definition) is 2. The second-order valence-electron chi connectivity index (χ2n) is 8.88. The molecule has 0 spiro atoms. The summed E-state index contributed by atoms with van der Waals surface area (Å²) in [6, 6.07) is 12.4. The monoisotopic (exact) mass is 481 g/mol. The number of imide groups is 1. The normalized spacial score (nSPS) is 17.8. The van der Waals surface area contributed by atoms with Crippen LogP contribution in [0.2, 0.25) is 0 Å². The Morgan fingerprint density at radius 1 is 1.03 bits per heavy atom. The van der Waals surface area contributed by atoms with E-state index in [1.807, 2.05) is 40.5 Å². The zero-order chi connectivity index (χ0) is 24.8. The van der Waals surface area contributed by atoms with Crippen LogP contribution >= 0.6 is 0 Å². The molecular formula is C26H31N3O6. The number of alkyl carbamates (subject to hydrolysis) is 1. The van der Waals surface area contributed by atoms with Gasteiger partial charge in [0.05, 0.1) is 20.3 Å². The quantitative estimate of drug-likeness (QED) is 0.606. The molecule has 186 valence electrons. The summed E-state index contributed by atoms with van der Waals surface area (Å²) in [5, 5.41) is 4.58. The number of ether oxygens (including phenoxy) is 3. The van der Waals surface area contributed by atoms with Crippen LogP contribution in [0.5, 0.6) is 11.5 Å². The van der Waals surface area contributed by atoms with Gasteiger partial charge in [0.1, 0.15) is 0 Å². The number of rotatable bonds is 7. The van der Waals surface area contributed by atoms with E-state index in [0.29, 0.717) is 25.2 Å². The van der Waals surface area contributed by atoms with E-state index in [4.69, 9.17) is 9.47 Å². The van der Waals surface area contributed by atoms with E-state index >= 15 is 0 Å². The van der Waals surface area contributed by atoms with Crippen molar-refractivity contribution in [2.75, 3.05) is 26.1 Å². The minimum absolute atomic E-state index is 0.0855. The molecule has 1 saturated heterocycles. The molecule has 1 unspecified atom stereocenters. The van der Waals surface area contributed by atoms with Crippen molar-refractivity contribution in [1.82, 2.24) is 10.2 Å². The molecule has 1 saturated carbocycles. The van der Waals surface area contributed by atoms with E-state index in [9.17, 15) is 14.4 Å². The summed E-state index contributed by atoms with van der Waals surface area (Å²) in [7, 11) is 2.82. The fraction of sp³-hybridized carbons (Fsp3) is 0.423. The van der Waals surface area contributed by atoms with Gasteiger partial charge < -0.3 is 24.4 Å². The standard InChI is InChI=1S/C26H31N3O6/c1-33-22-12-9-18(13-23(22)35-21-5-3-4-6-21)19-14-24(30)29(16-19)15-17-7-10-20(11-8-17)27-25(31)28-26(32)34-2/h7-13,19,21H,3-6,14-16H2,1-2H3,(H2,27,28,31,32). The molecule has 1 aliphatic carbocycles. The van der Waals surface area contributed by atoms with Crippen LogP contribution in [-0.2, 0) is 16.1 Å². The fourth-order valence-corrected chi connectivity index (χ4v) is 4.59. The first-order chi connectivity index (χ1) is 16.9. The smallest absolute Gasteiger partial charge is 0.415 e. The number of amides is 4. The van der Waals surface area contributed by atoms with E-state index < -0.39 is 12.1 Å². The lowest BCUT2D eigenvalue weighted by Gasteiger charge is -2.19. The lowest BCUT2D eigenvalue weighted by molar-refractivity contribution is -0.128. The Hall–Kier alpha value is -3.75. The predicted molar refractivity (Wildman–Crippen MR) is 130 cm³/mol. The summed E-state index contributed by atoms with van der Waals surface area (Å²) in [5.74, 6) is 1.66. The molecule has 0 aromatic heterocycles. The van der Waals surface area contributed by atoms with E-state index in [1.54, 1.807) is 19.2 Å². The number of carbonyl (C=O) groups excluding carboxylic acids is 3. The summed E-state index contributed by atoms with van der Waals surface area (Å²) in [5.41, 5.74) is 2.54. The molecule has 1 atom stereocenters. The maximum atomic E-state index is 12.8. The second-order valence-corrected chi connectivity index (χ2v) is 8.88. The maximum Gasteiger partial charge on any atom is 0.415 e. The Labute approximate surface area is 204 Å². The number of benzene rings is 2. The first-order valence-electron chi connectivity index (χ1n) is 11.8. The van der Waals surface area contributed by atoms with Gasteiger partial charge in [-0.3, -0.25) is 4.79 Å². The van der Waals surface area contributed by atoms with E-state index in [1.165, 1.54) is 20.0 Å². The molecule has 2 aromatic rings. The number of anilines is 1. The van der Waals surface area contributed by atoms with Crippen molar-refractivity contribution in [1.29, 1.82) is 0 Å². The maximum absolute atomic E-state index is 12.8. The van der Waals surface area contributed by atoms with Crippen molar-refractivity contribution in [3.8, 4) is 11.5 Å². The van der Waals surface area contributed by atoms with Gasteiger partial charge in [-0.1, -0.05) is 18.2 Å². The summed E-state index contributed by atoms with van der Waals surface area (Å²) < 4.78 is 16.1.